The highest BCUT2D eigenvalue weighted by molar-refractivity contribution is 5.74. The molecule has 0 aliphatic carbocycles. The van der Waals surface area contributed by atoms with Gasteiger partial charge in [0.05, 0.1) is 0 Å². The van der Waals surface area contributed by atoms with Crippen molar-refractivity contribution in [2.45, 2.75) is 19.4 Å². The van der Waals surface area contributed by atoms with Crippen molar-refractivity contribution in [3.05, 3.63) is 54.6 Å². The maximum absolute atomic E-state index is 11.4. The minimum Gasteiger partial charge on any atom is -0.489 e. The second-order valence-electron chi connectivity index (χ2n) is 4.34. The van der Waals surface area contributed by atoms with Crippen LogP contribution in [0, 0.1) is 6.92 Å². The van der Waals surface area contributed by atoms with Gasteiger partial charge in [-0.25, -0.2) is 4.79 Å². The van der Waals surface area contributed by atoms with E-state index in [0.29, 0.717) is 6.61 Å². The number of hydrogen-bond donors (Lipinski definition) is 1. The zero-order chi connectivity index (χ0) is 15.0. The second kappa shape index (κ2) is 8.17. The van der Waals surface area contributed by atoms with Gasteiger partial charge in [0.1, 0.15) is 19.0 Å². The molecule has 0 spiro atoms. The van der Waals surface area contributed by atoms with E-state index in [1.54, 1.807) is 6.08 Å². The summed E-state index contributed by atoms with van der Waals surface area (Å²) in [5.74, 6) is 0.118. The minimum atomic E-state index is -1.17. The van der Waals surface area contributed by atoms with Crippen LogP contribution in [0.5, 0.6) is 5.75 Å². The molecule has 0 aliphatic heterocycles. The molecule has 108 valence electrons. The number of aryl methyl sites for hydroxylation is 1. The van der Waals surface area contributed by atoms with Gasteiger partial charge in [-0.15, -0.1) is 0 Å². The van der Waals surface area contributed by atoms with E-state index >= 15 is 0 Å². The van der Waals surface area contributed by atoms with Crippen LogP contribution < -0.4 is 4.74 Å². The van der Waals surface area contributed by atoms with Crippen molar-refractivity contribution in [1.82, 2.24) is 0 Å². The summed E-state index contributed by atoms with van der Waals surface area (Å²) in [6, 6.07) is 5.51. The molecule has 0 heterocycles. The topological polar surface area (TPSA) is 55.8 Å². The van der Waals surface area contributed by atoms with Crippen molar-refractivity contribution in [3.63, 3.8) is 0 Å². The molecule has 0 aromatic heterocycles. The maximum atomic E-state index is 11.4. The average molecular weight is 276 g/mol. The van der Waals surface area contributed by atoms with Gasteiger partial charge in [0.15, 0.2) is 6.10 Å². The Hall–Kier alpha value is -2.07. The lowest BCUT2D eigenvalue weighted by atomic mass is 10.0. The van der Waals surface area contributed by atoms with Gasteiger partial charge in [-0.1, -0.05) is 37.4 Å². The minimum absolute atomic E-state index is 0.100. The van der Waals surface area contributed by atoms with Crippen LogP contribution in [0.2, 0.25) is 0 Å². The summed E-state index contributed by atoms with van der Waals surface area (Å²) in [4.78, 5) is 11.4. The molecule has 0 bridgehead atoms. The third-order valence-electron chi connectivity index (χ3n) is 2.64. The van der Waals surface area contributed by atoms with Crippen LogP contribution in [0.4, 0.5) is 0 Å². The van der Waals surface area contributed by atoms with Crippen molar-refractivity contribution < 1.29 is 19.4 Å². The van der Waals surface area contributed by atoms with Crippen LogP contribution in [-0.2, 0) is 16.0 Å². The van der Waals surface area contributed by atoms with Gasteiger partial charge in [-0.2, -0.15) is 0 Å². The number of aliphatic hydroxyl groups is 1. The molecule has 4 heteroatoms. The summed E-state index contributed by atoms with van der Waals surface area (Å²) in [6.07, 6.45) is 2.17. The predicted molar refractivity (Wildman–Crippen MR) is 77.7 cm³/mol. The molecule has 0 radical (unpaired) electrons. The Bertz CT molecular complexity index is 479. The van der Waals surface area contributed by atoms with Crippen molar-refractivity contribution in [2.24, 2.45) is 0 Å². The molecule has 1 aromatic rings. The Kier molecular flexibility index (Phi) is 6.53. The number of esters is 1. The van der Waals surface area contributed by atoms with Crippen LogP contribution in [0.1, 0.15) is 11.1 Å². The third kappa shape index (κ3) is 4.90. The van der Waals surface area contributed by atoms with Gasteiger partial charge < -0.3 is 14.6 Å². The highest BCUT2D eigenvalue weighted by Gasteiger charge is 2.17. The van der Waals surface area contributed by atoms with E-state index in [0.717, 1.165) is 16.9 Å². The summed E-state index contributed by atoms with van der Waals surface area (Å²) in [6.45, 7) is 9.48. The Labute approximate surface area is 119 Å². The molecule has 0 saturated carbocycles. The van der Waals surface area contributed by atoms with Crippen LogP contribution in [0.25, 0.3) is 0 Å². The van der Waals surface area contributed by atoms with Crippen molar-refractivity contribution in [3.8, 4) is 5.75 Å². The monoisotopic (exact) mass is 276 g/mol. The zero-order valence-electron chi connectivity index (χ0n) is 11.7. The Morgan fingerprint density at radius 1 is 1.35 bits per heavy atom. The molecule has 1 N–H and O–H groups in total. The standard InChI is InChI=1S/C16H20O4/c1-4-8-19-15-7-6-13(10-12(15)3)11-14(17)16(18)20-9-5-2/h4-7,10,14,17H,1-2,8-9,11H2,3H3. The van der Waals surface area contributed by atoms with Crippen LogP contribution >= 0.6 is 0 Å². The predicted octanol–water partition coefficient (Wildman–Crippen LogP) is 2.19. The van der Waals surface area contributed by atoms with Gasteiger partial charge in [0.25, 0.3) is 0 Å². The van der Waals surface area contributed by atoms with Gasteiger partial charge in [-0.05, 0) is 24.1 Å². The van der Waals surface area contributed by atoms with E-state index < -0.39 is 12.1 Å². The highest BCUT2D eigenvalue weighted by atomic mass is 16.5. The number of rotatable bonds is 8. The number of hydrogen-bond acceptors (Lipinski definition) is 4. The van der Waals surface area contributed by atoms with Crippen molar-refractivity contribution >= 4 is 5.97 Å². The molecule has 0 fully saturated rings. The highest BCUT2D eigenvalue weighted by Crippen LogP contribution is 2.20. The number of carbonyl (C=O) groups excluding carboxylic acids is 1. The summed E-state index contributed by atoms with van der Waals surface area (Å²) in [5.41, 5.74) is 1.78. The lowest BCUT2D eigenvalue weighted by molar-refractivity contribution is -0.152. The first kappa shape index (κ1) is 16.0. The number of ether oxygens (including phenoxy) is 2. The van der Waals surface area contributed by atoms with Gasteiger partial charge >= 0.3 is 5.97 Å². The quantitative estimate of drug-likeness (QED) is 0.584. The summed E-state index contributed by atoms with van der Waals surface area (Å²) in [5, 5.41) is 9.75. The van der Waals surface area contributed by atoms with Crippen molar-refractivity contribution in [2.75, 3.05) is 13.2 Å². The fourth-order valence-electron chi connectivity index (χ4n) is 1.69. The molecule has 0 amide bonds. The summed E-state index contributed by atoms with van der Waals surface area (Å²) >= 11 is 0. The van der Waals surface area contributed by atoms with Gasteiger partial charge in [-0.3, -0.25) is 0 Å². The first-order valence-corrected chi connectivity index (χ1v) is 6.37. The average Bonchev–Trinajstić information content (AvgIpc) is 2.43. The van der Waals surface area contributed by atoms with Crippen LogP contribution in [0.3, 0.4) is 0 Å². The lowest BCUT2D eigenvalue weighted by Gasteiger charge is -2.12. The Balaban J connectivity index is 2.64. The summed E-state index contributed by atoms with van der Waals surface area (Å²) in [7, 11) is 0. The molecule has 1 unspecified atom stereocenters. The largest absolute Gasteiger partial charge is 0.489 e. The Morgan fingerprint density at radius 2 is 2.05 bits per heavy atom. The van der Waals surface area contributed by atoms with E-state index in [9.17, 15) is 9.90 Å². The SMILES string of the molecule is C=CCOC(=O)C(O)Cc1ccc(OCC=C)c(C)c1. The number of carbonyl (C=O) groups is 1. The van der Waals surface area contributed by atoms with Crippen molar-refractivity contribution in [1.29, 1.82) is 0 Å². The Morgan fingerprint density at radius 3 is 2.65 bits per heavy atom. The maximum Gasteiger partial charge on any atom is 0.335 e. The first-order valence-electron chi connectivity index (χ1n) is 6.37. The molecule has 1 rings (SSSR count). The fraction of sp³-hybridized carbons (Fsp3) is 0.312. The number of aliphatic hydroxyl groups excluding tert-OH is 1. The molecular formula is C16H20O4. The molecule has 1 atom stereocenters. The lowest BCUT2D eigenvalue weighted by Crippen LogP contribution is -2.25. The van der Waals surface area contributed by atoms with Gasteiger partial charge in [0, 0.05) is 6.42 Å². The fourth-order valence-corrected chi connectivity index (χ4v) is 1.69. The molecule has 0 saturated heterocycles. The van der Waals surface area contributed by atoms with E-state index in [4.69, 9.17) is 9.47 Å². The van der Waals surface area contributed by atoms with E-state index in [1.807, 2.05) is 25.1 Å². The van der Waals surface area contributed by atoms with Gasteiger partial charge in [0.2, 0.25) is 0 Å². The molecule has 1 aromatic carbocycles. The second-order valence-corrected chi connectivity index (χ2v) is 4.34. The third-order valence-corrected chi connectivity index (χ3v) is 2.64. The normalized spacial score (nSPS) is 11.5. The first-order chi connectivity index (χ1) is 9.58. The van der Waals surface area contributed by atoms with E-state index in [-0.39, 0.29) is 13.0 Å². The van der Waals surface area contributed by atoms with E-state index in [2.05, 4.69) is 13.2 Å². The molecule has 4 nitrogen and oxygen atoms in total. The number of benzene rings is 1. The van der Waals surface area contributed by atoms with Crippen LogP contribution in [0.15, 0.2) is 43.5 Å². The zero-order valence-corrected chi connectivity index (χ0v) is 11.7. The smallest absolute Gasteiger partial charge is 0.335 e. The van der Waals surface area contributed by atoms with Crippen LogP contribution in [-0.4, -0.2) is 30.4 Å². The molecular weight excluding hydrogens is 256 g/mol. The van der Waals surface area contributed by atoms with E-state index in [1.165, 1.54) is 6.08 Å². The summed E-state index contributed by atoms with van der Waals surface area (Å²) < 4.78 is 10.3. The molecule has 20 heavy (non-hydrogen) atoms. The molecule has 0 aliphatic rings.